The summed E-state index contributed by atoms with van der Waals surface area (Å²) >= 11 is 0. The fraction of sp³-hybridized carbons (Fsp3) is 0.318. The zero-order valence-corrected chi connectivity index (χ0v) is 16.3. The second-order valence-electron chi connectivity index (χ2n) is 7.09. The number of nitrogens with one attached hydrogen (secondary N) is 1. The number of aromatic amines is 1. The van der Waals surface area contributed by atoms with E-state index in [9.17, 15) is 9.59 Å². The number of H-pyrrole nitrogens is 1. The molecule has 1 aliphatic heterocycles. The molecular weight excluding hydrogens is 370 g/mol. The molecule has 1 fully saturated rings. The number of pyridine rings is 1. The van der Waals surface area contributed by atoms with Crippen molar-refractivity contribution in [3.8, 4) is 5.75 Å². The van der Waals surface area contributed by atoms with E-state index in [1.807, 2.05) is 24.3 Å². The van der Waals surface area contributed by atoms with Gasteiger partial charge in [0.05, 0.1) is 13.3 Å². The van der Waals surface area contributed by atoms with E-state index in [1.54, 1.807) is 30.3 Å². The molecule has 0 saturated carbocycles. The van der Waals surface area contributed by atoms with E-state index in [1.165, 1.54) is 6.07 Å². The summed E-state index contributed by atoms with van der Waals surface area (Å²) in [6.45, 7) is 0.602. The van der Waals surface area contributed by atoms with Gasteiger partial charge in [0.1, 0.15) is 23.2 Å². The quantitative estimate of drug-likeness (QED) is 0.718. The van der Waals surface area contributed by atoms with Crippen LogP contribution in [0.1, 0.15) is 53.0 Å². The molecule has 0 spiro atoms. The Balaban J connectivity index is 1.56. The van der Waals surface area contributed by atoms with Crippen molar-refractivity contribution in [2.45, 2.75) is 31.7 Å². The number of hydrogen-bond donors (Lipinski definition) is 1. The summed E-state index contributed by atoms with van der Waals surface area (Å²) in [6.07, 6.45) is 4.95. The van der Waals surface area contributed by atoms with Gasteiger partial charge in [0.2, 0.25) is 11.4 Å². The second kappa shape index (κ2) is 8.34. The number of hydrogen-bond acceptors (Lipinski definition) is 5. The Morgan fingerprint density at radius 3 is 2.93 bits per heavy atom. The highest BCUT2D eigenvalue weighted by molar-refractivity contribution is 5.92. The number of piperidine rings is 1. The lowest BCUT2D eigenvalue weighted by Crippen LogP contribution is -2.39. The van der Waals surface area contributed by atoms with Crippen molar-refractivity contribution in [3.63, 3.8) is 0 Å². The number of ether oxygens (including phenoxy) is 1. The molecule has 29 heavy (non-hydrogen) atoms. The molecule has 7 nitrogen and oxygen atoms in total. The van der Waals surface area contributed by atoms with E-state index < -0.39 is 0 Å². The molecule has 0 radical (unpaired) electrons. The van der Waals surface area contributed by atoms with Crippen LogP contribution in [0.5, 0.6) is 5.75 Å². The van der Waals surface area contributed by atoms with Crippen LogP contribution in [0.2, 0.25) is 0 Å². The predicted molar refractivity (Wildman–Crippen MR) is 107 cm³/mol. The number of oxazole rings is 1. The molecule has 0 unspecified atom stereocenters. The zero-order chi connectivity index (χ0) is 20.2. The van der Waals surface area contributed by atoms with Crippen LogP contribution in [0.25, 0.3) is 0 Å². The first kappa shape index (κ1) is 19.0. The van der Waals surface area contributed by atoms with E-state index >= 15 is 0 Å². The average molecular weight is 393 g/mol. The van der Waals surface area contributed by atoms with E-state index in [-0.39, 0.29) is 23.2 Å². The Bertz CT molecular complexity index is 1060. The van der Waals surface area contributed by atoms with Gasteiger partial charge >= 0.3 is 0 Å². The summed E-state index contributed by atoms with van der Waals surface area (Å²) in [5.41, 5.74) is 1.00. The highest BCUT2D eigenvalue weighted by Crippen LogP contribution is 2.32. The Kier molecular flexibility index (Phi) is 5.46. The summed E-state index contributed by atoms with van der Waals surface area (Å²) < 4.78 is 11.4. The molecule has 4 rings (SSSR count). The second-order valence-corrected chi connectivity index (χ2v) is 7.09. The van der Waals surface area contributed by atoms with Gasteiger partial charge in [-0.15, -0.1) is 0 Å². The van der Waals surface area contributed by atoms with Gasteiger partial charge in [0, 0.05) is 24.6 Å². The number of aromatic nitrogens is 2. The monoisotopic (exact) mass is 393 g/mol. The lowest BCUT2D eigenvalue weighted by Gasteiger charge is -2.33. The third kappa shape index (κ3) is 4.08. The molecule has 2 aromatic heterocycles. The van der Waals surface area contributed by atoms with E-state index in [0.29, 0.717) is 18.9 Å². The van der Waals surface area contributed by atoms with Gasteiger partial charge in [-0.05, 0) is 31.4 Å². The highest BCUT2D eigenvalue weighted by atomic mass is 16.5. The maximum absolute atomic E-state index is 13.0. The summed E-state index contributed by atoms with van der Waals surface area (Å²) in [6, 6.07) is 12.1. The molecule has 1 aromatic carbocycles. The summed E-state index contributed by atoms with van der Waals surface area (Å²) in [7, 11) is 1.64. The number of nitrogens with zero attached hydrogens (tertiary/aromatic N) is 2. The third-order valence-corrected chi connectivity index (χ3v) is 5.18. The van der Waals surface area contributed by atoms with Gasteiger partial charge in [0.25, 0.3) is 5.91 Å². The maximum atomic E-state index is 13.0. The minimum atomic E-state index is -0.292. The highest BCUT2D eigenvalue weighted by Gasteiger charge is 2.32. The standard InChI is InChI=1S/C22H23N3O4/c1-28-19-10-3-2-7-15(19)13-16-14-23-21(29-16)18-9-4-5-12-25(18)22(27)17-8-6-11-20(26)24-17/h2-3,6-8,10-11,14,18H,4-5,9,12-13H2,1H3,(H,24,26)/t18-/m1/s1. The zero-order valence-electron chi connectivity index (χ0n) is 16.3. The van der Waals surface area contributed by atoms with Crippen LogP contribution in [-0.4, -0.2) is 34.4 Å². The van der Waals surface area contributed by atoms with Crippen LogP contribution in [0, 0.1) is 0 Å². The van der Waals surface area contributed by atoms with Crippen LogP contribution in [0.15, 0.2) is 57.9 Å². The normalized spacial score (nSPS) is 16.6. The third-order valence-electron chi connectivity index (χ3n) is 5.18. The number of carbonyl (C=O) groups excluding carboxylic acids is 1. The van der Waals surface area contributed by atoms with Crippen LogP contribution in [0.3, 0.4) is 0 Å². The molecule has 1 saturated heterocycles. The molecule has 150 valence electrons. The number of methoxy groups -OCH3 is 1. The average Bonchev–Trinajstić information content (AvgIpc) is 3.22. The Hall–Kier alpha value is -3.35. The molecule has 0 bridgehead atoms. The number of likely N-dealkylation sites (tertiary alicyclic amines) is 1. The first-order valence-electron chi connectivity index (χ1n) is 9.72. The van der Waals surface area contributed by atoms with E-state index in [4.69, 9.17) is 9.15 Å². The van der Waals surface area contributed by atoms with Crippen LogP contribution in [-0.2, 0) is 6.42 Å². The maximum Gasteiger partial charge on any atom is 0.271 e. The van der Waals surface area contributed by atoms with E-state index in [0.717, 1.165) is 36.3 Å². The van der Waals surface area contributed by atoms with Crippen molar-refractivity contribution in [1.82, 2.24) is 14.9 Å². The molecule has 1 aliphatic rings. The fourth-order valence-electron chi connectivity index (χ4n) is 3.75. The summed E-state index contributed by atoms with van der Waals surface area (Å²) in [5.74, 6) is 1.83. The molecule has 3 aromatic rings. The van der Waals surface area contributed by atoms with Gasteiger partial charge < -0.3 is 19.0 Å². The Morgan fingerprint density at radius 1 is 1.24 bits per heavy atom. The largest absolute Gasteiger partial charge is 0.496 e. The molecule has 1 amide bonds. The van der Waals surface area contributed by atoms with Crippen molar-refractivity contribution in [1.29, 1.82) is 0 Å². The number of carbonyl (C=O) groups is 1. The van der Waals surface area contributed by atoms with Crippen molar-refractivity contribution in [2.24, 2.45) is 0 Å². The smallest absolute Gasteiger partial charge is 0.271 e. The molecule has 1 atom stereocenters. The van der Waals surface area contributed by atoms with Crippen molar-refractivity contribution >= 4 is 5.91 Å². The van der Waals surface area contributed by atoms with Gasteiger partial charge in [-0.2, -0.15) is 0 Å². The van der Waals surface area contributed by atoms with Gasteiger partial charge in [-0.3, -0.25) is 9.59 Å². The predicted octanol–water partition coefficient (Wildman–Crippen LogP) is 3.33. The van der Waals surface area contributed by atoms with Crippen LogP contribution < -0.4 is 10.3 Å². The van der Waals surface area contributed by atoms with Crippen molar-refractivity contribution in [2.75, 3.05) is 13.7 Å². The molecule has 1 N–H and O–H groups in total. The van der Waals surface area contributed by atoms with Crippen molar-refractivity contribution in [3.05, 3.63) is 81.9 Å². The van der Waals surface area contributed by atoms with Gasteiger partial charge in [0.15, 0.2) is 0 Å². The first-order valence-corrected chi connectivity index (χ1v) is 9.72. The van der Waals surface area contributed by atoms with Crippen molar-refractivity contribution < 1.29 is 13.9 Å². The number of para-hydroxylation sites is 1. The number of amides is 1. The van der Waals surface area contributed by atoms with Gasteiger partial charge in [-0.25, -0.2) is 4.98 Å². The Morgan fingerprint density at radius 2 is 2.10 bits per heavy atom. The minimum absolute atomic E-state index is 0.211. The number of benzene rings is 1. The van der Waals surface area contributed by atoms with Crippen LogP contribution in [0.4, 0.5) is 0 Å². The molecule has 7 heteroatoms. The Labute approximate surface area is 168 Å². The summed E-state index contributed by atoms with van der Waals surface area (Å²) in [4.78, 5) is 33.4. The minimum Gasteiger partial charge on any atom is -0.496 e. The van der Waals surface area contributed by atoms with E-state index in [2.05, 4.69) is 9.97 Å². The SMILES string of the molecule is COc1ccccc1Cc1cnc([C@H]2CCCCN2C(=O)c2cccc(=O)[nH]2)o1. The number of rotatable bonds is 5. The molecule has 0 aliphatic carbocycles. The molecular formula is C22H23N3O4. The van der Waals surface area contributed by atoms with Crippen LogP contribution >= 0.6 is 0 Å². The van der Waals surface area contributed by atoms with Gasteiger partial charge in [-0.1, -0.05) is 24.3 Å². The topological polar surface area (TPSA) is 88.4 Å². The molecule has 3 heterocycles. The first-order chi connectivity index (χ1) is 14.2. The fourth-order valence-corrected chi connectivity index (χ4v) is 3.75. The lowest BCUT2D eigenvalue weighted by molar-refractivity contribution is 0.0563. The summed E-state index contributed by atoms with van der Waals surface area (Å²) in [5, 5.41) is 0. The lowest BCUT2D eigenvalue weighted by atomic mass is 10.0.